The van der Waals surface area contributed by atoms with Gasteiger partial charge in [0, 0.05) is 12.8 Å². The van der Waals surface area contributed by atoms with Gasteiger partial charge in [-0.05, 0) is 35.4 Å². The van der Waals surface area contributed by atoms with Crippen LogP contribution in [0.1, 0.15) is 21.5 Å². The van der Waals surface area contributed by atoms with E-state index in [0.717, 1.165) is 17.6 Å². The SMILES string of the molecule is COc1ccc(CNC(=O)COC(=O)c2cccc(CS(C)(=O)=O)c2)cc1. The topological polar surface area (TPSA) is 98.8 Å². The minimum atomic E-state index is -3.21. The van der Waals surface area contributed by atoms with Crippen LogP contribution in [0.5, 0.6) is 5.75 Å². The summed E-state index contributed by atoms with van der Waals surface area (Å²) in [6, 6.07) is 13.3. The van der Waals surface area contributed by atoms with E-state index in [9.17, 15) is 18.0 Å². The van der Waals surface area contributed by atoms with E-state index in [-0.39, 0.29) is 11.3 Å². The zero-order valence-electron chi connectivity index (χ0n) is 15.1. The number of carbonyl (C=O) groups is 2. The first-order valence-corrected chi connectivity index (χ1v) is 10.2. The maximum absolute atomic E-state index is 12.0. The molecule has 2 aromatic rings. The average Bonchev–Trinajstić information content (AvgIpc) is 2.63. The number of hydrogen-bond acceptors (Lipinski definition) is 6. The van der Waals surface area contributed by atoms with E-state index in [1.165, 1.54) is 12.1 Å². The van der Waals surface area contributed by atoms with Crippen LogP contribution in [0.25, 0.3) is 0 Å². The second-order valence-corrected chi connectivity index (χ2v) is 8.11. The summed E-state index contributed by atoms with van der Waals surface area (Å²) in [6.45, 7) is -0.129. The molecule has 0 heterocycles. The van der Waals surface area contributed by atoms with Crippen molar-refractivity contribution in [3.63, 3.8) is 0 Å². The first-order chi connectivity index (χ1) is 12.8. The third kappa shape index (κ3) is 7.10. The summed E-state index contributed by atoms with van der Waals surface area (Å²) in [5.41, 5.74) is 1.55. The molecule has 0 aliphatic carbocycles. The van der Waals surface area contributed by atoms with Crippen LogP contribution in [0, 0.1) is 0 Å². The van der Waals surface area contributed by atoms with Crippen molar-refractivity contribution in [2.75, 3.05) is 20.0 Å². The highest BCUT2D eigenvalue weighted by atomic mass is 32.2. The van der Waals surface area contributed by atoms with E-state index in [0.29, 0.717) is 12.1 Å². The number of hydrogen-bond donors (Lipinski definition) is 1. The Hall–Kier alpha value is -2.87. The first kappa shape index (κ1) is 20.4. The zero-order chi connectivity index (χ0) is 19.9. The molecule has 1 N–H and O–H groups in total. The highest BCUT2D eigenvalue weighted by Gasteiger charge is 2.12. The Morgan fingerprint density at radius 2 is 1.74 bits per heavy atom. The summed E-state index contributed by atoms with van der Waals surface area (Å²) in [5, 5.41) is 2.65. The number of nitrogens with one attached hydrogen (secondary N) is 1. The second kappa shape index (κ2) is 9.18. The molecular formula is C19H21NO6S. The number of rotatable bonds is 8. The van der Waals surface area contributed by atoms with Gasteiger partial charge in [-0.3, -0.25) is 4.79 Å². The van der Waals surface area contributed by atoms with Gasteiger partial charge >= 0.3 is 5.97 Å². The van der Waals surface area contributed by atoms with Gasteiger partial charge in [-0.25, -0.2) is 13.2 Å². The van der Waals surface area contributed by atoms with Crippen molar-refractivity contribution < 1.29 is 27.5 Å². The fourth-order valence-corrected chi connectivity index (χ4v) is 3.09. The molecule has 0 aliphatic rings. The van der Waals surface area contributed by atoms with Crippen LogP contribution in [0.2, 0.25) is 0 Å². The molecule has 2 aromatic carbocycles. The molecule has 2 rings (SSSR count). The molecule has 27 heavy (non-hydrogen) atoms. The van der Waals surface area contributed by atoms with Crippen molar-refractivity contribution in [3.8, 4) is 5.75 Å². The summed E-state index contributed by atoms with van der Waals surface area (Å²) < 4.78 is 32.7. The van der Waals surface area contributed by atoms with E-state index >= 15 is 0 Å². The lowest BCUT2D eigenvalue weighted by molar-refractivity contribution is -0.124. The van der Waals surface area contributed by atoms with Crippen LogP contribution in [-0.2, 0) is 31.7 Å². The van der Waals surface area contributed by atoms with Crippen LogP contribution in [-0.4, -0.2) is 40.3 Å². The Morgan fingerprint density at radius 3 is 2.37 bits per heavy atom. The molecule has 0 bridgehead atoms. The number of ether oxygens (including phenoxy) is 2. The Bertz CT molecular complexity index is 906. The summed E-state index contributed by atoms with van der Waals surface area (Å²) in [4.78, 5) is 23.9. The predicted molar refractivity (Wildman–Crippen MR) is 100 cm³/mol. The van der Waals surface area contributed by atoms with Gasteiger partial charge in [0.05, 0.1) is 18.4 Å². The van der Waals surface area contributed by atoms with Gasteiger partial charge in [0.1, 0.15) is 5.75 Å². The summed E-state index contributed by atoms with van der Waals surface area (Å²) in [6.07, 6.45) is 1.12. The molecule has 0 saturated carbocycles. The molecular weight excluding hydrogens is 370 g/mol. The van der Waals surface area contributed by atoms with Crippen LogP contribution >= 0.6 is 0 Å². The molecule has 144 valence electrons. The fraction of sp³-hybridized carbons (Fsp3) is 0.263. The van der Waals surface area contributed by atoms with Gasteiger partial charge in [-0.2, -0.15) is 0 Å². The Labute approximate surface area is 158 Å². The van der Waals surface area contributed by atoms with Gasteiger partial charge in [0.2, 0.25) is 0 Å². The van der Waals surface area contributed by atoms with Crippen molar-refractivity contribution in [1.82, 2.24) is 5.32 Å². The summed E-state index contributed by atoms with van der Waals surface area (Å²) in [5.74, 6) is -0.579. The van der Waals surface area contributed by atoms with E-state index in [1.807, 2.05) is 12.1 Å². The van der Waals surface area contributed by atoms with Crippen LogP contribution < -0.4 is 10.1 Å². The molecule has 0 radical (unpaired) electrons. The van der Waals surface area contributed by atoms with E-state index in [4.69, 9.17) is 9.47 Å². The third-order valence-corrected chi connectivity index (χ3v) is 4.43. The maximum atomic E-state index is 12.0. The van der Waals surface area contributed by atoms with Gasteiger partial charge in [0.25, 0.3) is 5.91 Å². The van der Waals surface area contributed by atoms with Crippen LogP contribution in [0.3, 0.4) is 0 Å². The average molecular weight is 391 g/mol. The van der Waals surface area contributed by atoms with Crippen molar-refractivity contribution in [3.05, 3.63) is 65.2 Å². The molecule has 0 saturated heterocycles. The first-order valence-electron chi connectivity index (χ1n) is 8.10. The number of esters is 1. The quantitative estimate of drug-likeness (QED) is 0.688. The molecule has 1 amide bonds. The molecule has 0 unspecified atom stereocenters. The minimum absolute atomic E-state index is 0.170. The van der Waals surface area contributed by atoms with Crippen LogP contribution in [0.15, 0.2) is 48.5 Å². The Morgan fingerprint density at radius 1 is 1.04 bits per heavy atom. The number of carbonyl (C=O) groups excluding carboxylic acids is 2. The monoisotopic (exact) mass is 391 g/mol. The zero-order valence-corrected chi connectivity index (χ0v) is 15.9. The molecule has 8 heteroatoms. The molecule has 0 aliphatic heterocycles. The van der Waals surface area contributed by atoms with Crippen molar-refractivity contribution in [2.45, 2.75) is 12.3 Å². The highest BCUT2D eigenvalue weighted by Crippen LogP contribution is 2.11. The maximum Gasteiger partial charge on any atom is 0.338 e. The van der Waals surface area contributed by atoms with E-state index < -0.39 is 28.3 Å². The third-order valence-electron chi connectivity index (χ3n) is 3.57. The number of sulfone groups is 1. The number of methoxy groups -OCH3 is 1. The van der Waals surface area contributed by atoms with Gasteiger partial charge in [-0.1, -0.05) is 24.3 Å². The van der Waals surface area contributed by atoms with Crippen molar-refractivity contribution in [2.24, 2.45) is 0 Å². The Balaban J connectivity index is 1.83. The predicted octanol–water partition coefficient (Wildman–Crippen LogP) is 1.71. The lowest BCUT2D eigenvalue weighted by atomic mass is 10.1. The van der Waals surface area contributed by atoms with E-state index in [1.54, 1.807) is 31.4 Å². The lowest BCUT2D eigenvalue weighted by Crippen LogP contribution is -2.28. The van der Waals surface area contributed by atoms with Gasteiger partial charge in [-0.15, -0.1) is 0 Å². The Kier molecular flexibility index (Phi) is 6.95. The molecule has 0 fully saturated rings. The largest absolute Gasteiger partial charge is 0.497 e. The number of benzene rings is 2. The molecule has 0 aromatic heterocycles. The second-order valence-electron chi connectivity index (χ2n) is 5.97. The van der Waals surface area contributed by atoms with Gasteiger partial charge < -0.3 is 14.8 Å². The normalized spacial score (nSPS) is 10.9. The molecule has 0 atom stereocenters. The highest BCUT2D eigenvalue weighted by molar-refractivity contribution is 7.89. The van der Waals surface area contributed by atoms with Gasteiger partial charge in [0.15, 0.2) is 16.4 Å². The minimum Gasteiger partial charge on any atom is -0.497 e. The molecule has 7 nitrogen and oxygen atoms in total. The standard InChI is InChI=1S/C19H21NO6S/c1-25-17-8-6-14(7-9-17)11-20-18(21)12-26-19(22)16-5-3-4-15(10-16)13-27(2,23)24/h3-10H,11-13H2,1-2H3,(H,20,21). The molecule has 0 spiro atoms. The lowest BCUT2D eigenvalue weighted by Gasteiger charge is -2.08. The fourth-order valence-electron chi connectivity index (χ4n) is 2.30. The van der Waals surface area contributed by atoms with Crippen molar-refractivity contribution in [1.29, 1.82) is 0 Å². The number of amides is 1. The van der Waals surface area contributed by atoms with Crippen molar-refractivity contribution >= 4 is 21.7 Å². The van der Waals surface area contributed by atoms with Crippen LogP contribution in [0.4, 0.5) is 0 Å². The smallest absolute Gasteiger partial charge is 0.338 e. The summed E-state index contributed by atoms with van der Waals surface area (Å²) >= 11 is 0. The summed E-state index contributed by atoms with van der Waals surface area (Å²) in [7, 11) is -1.64. The van der Waals surface area contributed by atoms with E-state index in [2.05, 4.69) is 5.32 Å².